The Bertz CT molecular complexity index is 1450. The van der Waals surface area contributed by atoms with Gasteiger partial charge in [0.15, 0.2) is 11.5 Å². The molecule has 11 rings (SSSR count). The van der Waals surface area contributed by atoms with Crippen molar-refractivity contribution >= 4 is 11.4 Å². The zero-order chi connectivity index (χ0) is 29.8. The molecule has 0 saturated heterocycles. The quantitative estimate of drug-likeness (QED) is 0.168. The van der Waals surface area contributed by atoms with E-state index in [0.717, 1.165) is 47.0 Å². The maximum Gasteiger partial charge on any atom is 0.174 e. The van der Waals surface area contributed by atoms with Crippen molar-refractivity contribution in [3.63, 3.8) is 0 Å². The molecule has 0 atom stereocenters. The SMILES string of the molecule is Nc1ccc(Oc2c(C34CC5CC(CC(C5)C3)C4)ccc(C34CC5CC(CC(C5)C3)C4)c2Oc2ccc(N)c(O)c2)cc1O. The Morgan fingerprint density at radius 3 is 1.11 bits per heavy atom. The molecule has 230 valence electrons. The van der Waals surface area contributed by atoms with E-state index in [1.807, 2.05) is 12.1 Å². The Balaban J connectivity index is 1.26. The molecule has 3 aromatic carbocycles. The van der Waals surface area contributed by atoms with E-state index in [2.05, 4.69) is 12.1 Å². The molecule has 6 heteroatoms. The van der Waals surface area contributed by atoms with Crippen LogP contribution in [0.1, 0.15) is 88.2 Å². The van der Waals surface area contributed by atoms with Gasteiger partial charge in [0.25, 0.3) is 0 Å². The highest BCUT2D eigenvalue weighted by Gasteiger charge is 2.55. The van der Waals surface area contributed by atoms with Crippen LogP contribution in [-0.2, 0) is 10.8 Å². The van der Waals surface area contributed by atoms with Gasteiger partial charge in [0.05, 0.1) is 11.4 Å². The third-order valence-electron chi connectivity index (χ3n) is 12.8. The van der Waals surface area contributed by atoms with E-state index in [-0.39, 0.29) is 22.3 Å². The Hall–Kier alpha value is -3.54. The number of anilines is 2. The van der Waals surface area contributed by atoms with E-state index in [9.17, 15) is 10.2 Å². The van der Waals surface area contributed by atoms with Crippen LogP contribution in [0.3, 0.4) is 0 Å². The van der Waals surface area contributed by atoms with Crippen LogP contribution in [0.2, 0.25) is 0 Å². The fraction of sp³-hybridized carbons (Fsp3) is 0.526. The highest BCUT2D eigenvalue weighted by molar-refractivity contribution is 5.63. The van der Waals surface area contributed by atoms with Crippen LogP contribution in [0, 0.1) is 35.5 Å². The number of aromatic hydroxyl groups is 2. The Morgan fingerprint density at radius 2 is 0.818 bits per heavy atom. The number of hydrogen-bond donors (Lipinski definition) is 4. The molecule has 0 radical (unpaired) electrons. The van der Waals surface area contributed by atoms with E-state index < -0.39 is 0 Å². The second-order valence-electron chi connectivity index (χ2n) is 15.9. The average molecular weight is 593 g/mol. The standard InChI is InChI=1S/C38H44N2O4/c39-31-5-1-27(13-33(31)41)43-35-29(37-15-21-7-22(16-37)9-23(8-21)17-37)3-4-30(36(35)44-28-2-6-32(40)34(42)14-28)38-18-24-10-25(19-38)12-26(11-24)20-38/h1-6,13-14,21-26,41-42H,7-12,15-20,39-40H2. The van der Waals surface area contributed by atoms with Crippen molar-refractivity contribution in [2.24, 2.45) is 35.5 Å². The molecule has 0 heterocycles. The lowest BCUT2D eigenvalue weighted by Gasteiger charge is -2.58. The second-order valence-corrected chi connectivity index (χ2v) is 15.9. The van der Waals surface area contributed by atoms with Gasteiger partial charge < -0.3 is 31.2 Å². The number of rotatable bonds is 6. The lowest BCUT2D eigenvalue weighted by atomic mass is 9.47. The summed E-state index contributed by atoms with van der Waals surface area (Å²) in [6.45, 7) is 0. The third kappa shape index (κ3) is 4.19. The largest absolute Gasteiger partial charge is 0.506 e. The van der Waals surface area contributed by atoms with Crippen molar-refractivity contribution in [1.29, 1.82) is 0 Å². The van der Waals surface area contributed by atoms with Gasteiger partial charge in [-0.05, 0) is 148 Å². The van der Waals surface area contributed by atoms with Crippen LogP contribution in [0.15, 0.2) is 48.5 Å². The minimum Gasteiger partial charge on any atom is -0.506 e. The first-order valence-electron chi connectivity index (χ1n) is 16.9. The molecule has 0 unspecified atom stereocenters. The maximum atomic E-state index is 10.6. The summed E-state index contributed by atoms with van der Waals surface area (Å²) in [5, 5.41) is 21.1. The summed E-state index contributed by atoms with van der Waals surface area (Å²) in [6.07, 6.45) is 15.3. The first kappa shape index (κ1) is 26.8. The van der Waals surface area contributed by atoms with Crippen molar-refractivity contribution in [3.8, 4) is 34.5 Å². The zero-order valence-corrected chi connectivity index (χ0v) is 25.4. The molecule has 44 heavy (non-hydrogen) atoms. The van der Waals surface area contributed by atoms with E-state index in [1.165, 1.54) is 88.2 Å². The summed E-state index contributed by atoms with van der Waals surface area (Å²) in [7, 11) is 0. The number of phenolic OH excluding ortho intramolecular Hbond substituents is 2. The highest BCUT2D eigenvalue weighted by Crippen LogP contribution is 2.66. The smallest absolute Gasteiger partial charge is 0.174 e. The van der Waals surface area contributed by atoms with E-state index >= 15 is 0 Å². The molecule has 3 aromatic rings. The maximum absolute atomic E-state index is 10.6. The van der Waals surface area contributed by atoms with Crippen LogP contribution >= 0.6 is 0 Å². The zero-order valence-electron chi connectivity index (χ0n) is 25.4. The number of nitrogens with two attached hydrogens (primary N) is 2. The number of hydrogen-bond acceptors (Lipinski definition) is 6. The summed E-state index contributed by atoms with van der Waals surface area (Å²) >= 11 is 0. The van der Waals surface area contributed by atoms with E-state index in [4.69, 9.17) is 20.9 Å². The van der Waals surface area contributed by atoms with Gasteiger partial charge in [-0.15, -0.1) is 0 Å². The van der Waals surface area contributed by atoms with E-state index in [0.29, 0.717) is 22.9 Å². The average Bonchev–Trinajstić information content (AvgIpc) is 2.96. The van der Waals surface area contributed by atoms with Gasteiger partial charge >= 0.3 is 0 Å². The Labute approximate surface area is 259 Å². The summed E-state index contributed by atoms with van der Waals surface area (Å²) in [4.78, 5) is 0. The molecule has 8 saturated carbocycles. The Kier molecular flexibility index (Phi) is 5.78. The van der Waals surface area contributed by atoms with Crippen molar-refractivity contribution in [3.05, 3.63) is 59.7 Å². The minimum absolute atomic E-state index is 0.0158. The van der Waals surface area contributed by atoms with Crippen LogP contribution in [0.4, 0.5) is 11.4 Å². The first-order chi connectivity index (χ1) is 21.2. The molecule has 8 bridgehead atoms. The Morgan fingerprint density at radius 1 is 0.500 bits per heavy atom. The third-order valence-corrected chi connectivity index (χ3v) is 12.8. The van der Waals surface area contributed by atoms with E-state index in [1.54, 1.807) is 24.3 Å². The molecule has 6 N–H and O–H groups in total. The van der Waals surface area contributed by atoms with Crippen LogP contribution in [-0.4, -0.2) is 10.2 Å². The monoisotopic (exact) mass is 592 g/mol. The van der Waals surface area contributed by atoms with Gasteiger partial charge in [-0.2, -0.15) is 0 Å². The minimum atomic E-state index is 0.0158. The molecular formula is C38H44N2O4. The topological polar surface area (TPSA) is 111 Å². The molecule has 0 spiro atoms. The van der Waals surface area contributed by atoms with Crippen molar-refractivity contribution < 1.29 is 19.7 Å². The van der Waals surface area contributed by atoms with Gasteiger partial charge in [0, 0.05) is 23.3 Å². The van der Waals surface area contributed by atoms with Gasteiger partial charge in [0.2, 0.25) is 0 Å². The number of nitrogen functional groups attached to an aromatic ring is 2. The number of phenols is 2. The molecule has 0 aliphatic heterocycles. The lowest BCUT2D eigenvalue weighted by Crippen LogP contribution is -2.49. The predicted octanol–water partition coefficient (Wildman–Crippen LogP) is 8.78. The first-order valence-corrected chi connectivity index (χ1v) is 16.9. The fourth-order valence-electron chi connectivity index (χ4n) is 11.9. The lowest BCUT2D eigenvalue weighted by molar-refractivity contribution is -0.00832. The molecule has 8 fully saturated rings. The number of ether oxygens (including phenoxy) is 2. The molecular weight excluding hydrogens is 548 g/mol. The fourth-order valence-corrected chi connectivity index (χ4v) is 11.9. The summed E-state index contributed by atoms with van der Waals surface area (Å²) in [5.74, 6) is 7.33. The van der Waals surface area contributed by atoms with Crippen LogP contribution in [0.5, 0.6) is 34.5 Å². The molecule has 0 aromatic heterocycles. The molecule has 0 amide bonds. The van der Waals surface area contributed by atoms with Crippen LogP contribution in [0.25, 0.3) is 0 Å². The normalized spacial score (nSPS) is 36.1. The predicted molar refractivity (Wildman–Crippen MR) is 171 cm³/mol. The number of benzene rings is 3. The van der Waals surface area contributed by atoms with Crippen molar-refractivity contribution in [1.82, 2.24) is 0 Å². The highest BCUT2D eigenvalue weighted by atomic mass is 16.5. The van der Waals surface area contributed by atoms with Gasteiger partial charge in [0.1, 0.15) is 23.0 Å². The van der Waals surface area contributed by atoms with Crippen molar-refractivity contribution in [2.45, 2.75) is 87.9 Å². The second kappa shape index (κ2) is 9.48. The van der Waals surface area contributed by atoms with Gasteiger partial charge in [-0.3, -0.25) is 0 Å². The van der Waals surface area contributed by atoms with Crippen LogP contribution < -0.4 is 20.9 Å². The molecule has 8 aliphatic rings. The summed E-state index contributed by atoms with van der Waals surface area (Å²) in [6, 6.07) is 15.1. The van der Waals surface area contributed by atoms with Gasteiger partial charge in [-0.1, -0.05) is 12.1 Å². The van der Waals surface area contributed by atoms with Gasteiger partial charge in [-0.25, -0.2) is 0 Å². The molecule has 8 aliphatic carbocycles. The summed E-state index contributed by atoms with van der Waals surface area (Å²) < 4.78 is 13.9. The molecule has 6 nitrogen and oxygen atoms in total. The van der Waals surface area contributed by atoms with Crippen molar-refractivity contribution in [2.75, 3.05) is 11.5 Å². The summed E-state index contributed by atoms with van der Waals surface area (Å²) in [5.41, 5.74) is 15.3.